The third-order valence-corrected chi connectivity index (χ3v) is 5.98. The van der Waals surface area contributed by atoms with Crippen molar-refractivity contribution in [3.05, 3.63) is 58.6 Å². The molecule has 2 aromatic carbocycles. The van der Waals surface area contributed by atoms with Crippen molar-refractivity contribution in [2.24, 2.45) is 5.10 Å². The fraction of sp³-hybridized carbons (Fsp3) is 0.364. The molecular weight excluding hydrogens is 438 g/mol. The van der Waals surface area contributed by atoms with Crippen molar-refractivity contribution >= 4 is 38.9 Å². The van der Waals surface area contributed by atoms with Crippen LogP contribution in [0.1, 0.15) is 38.8 Å². The Hall–Kier alpha value is -2.58. The second-order valence-corrected chi connectivity index (χ2v) is 10.5. The number of rotatable bonds is 7. The van der Waals surface area contributed by atoms with E-state index in [4.69, 9.17) is 16.3 Å². The highest BCUT2D eigenvalue weighted by Crippen LogP contribution is 2.32. The molecular formula is C22H28ClN3O4S. The summed E-state index contributed by atoms with van der Waals surface area (Å²) in [6.45, 7) is 7.68. The number of nitrogens with zero attached hydrogens (tertiary/aromatic N) is 2. The number of anilines is 1. The summed E-state index contributed by atoms with van der Waals surface area (Å²) in [4.78, 5) is 12.5. The maximum atomic E-state index is 12.5. The van der Waals surface area contributed by atoms with E-state index < -0.39 is 22.5 Å². The van der Waals surface area contributed by atoms with E-state index >= 15 is 0 Å². The van der Waals surface area contributed by atoms with Crippen LogP contribution in [0.25, 0.3) is 0 Å². The fourth-order valence-corrected chi connectivity index (χ4v) is 3.85. The van der Waals surface area contributed by atoms with E-state index in [-0.39, 0.29) is 16.9 Å². The molecule has 0 aliphatic carbocycles. The summed E-state index contributed by atoms with van der Waals surface area (Å²) in [6.07, 6.45) is 1.01. The van der Waals surface area contributed by atoms with E-state index in [1.165, 1.54) is 24.8 Å². The second-order valence-electron chi connectivity index (χ2n) is 8.15. The average molecular weight is 466 g/mol. The zero-order chi connectivity index (χ0) is 23.4. The summed E-state index contributed by atoms with van der Waals surface area (Å²) in [5, 5.41) is 4.43. The normalized spacial score (nSPS) is 12.4. The van der Waals surface area contributed by atoms with Crippen molar-refractivity contribution < 1.29 is 17.9 Å². The summed E-state index contributed by atoms with van der Waals surface area (Å²) < 4.78 is 30.8. The second kappa shape index (κ2) is 9.70. The maximum Gasteiger partial charge on any atom is 0.260 e. The number of carbonyl (C=O) groups is 1. The van der Waals surface area contributed by atoms with E-state index in [1.54, 1.807) is 13.0 Å². The first-order valence-electron chi connectivity index (χ1n) is 9.58. The number of hydrogen-bond donors (Lipinski definition) is 1. The van der Waals surface area contributed by atoms with Gasteiger partial charge in [-0.25, -0.2) is 13.8 Å². The molecule has 0 spiro atoms. The first kappa shape index (κ1) is 24.7. The predicted molar refractivity (Wildman–Crippen MR) is 126 cm³/mol. The molecule has 0 unspecified atom stereocenters. The van der Waals surface area contributed by atoms with Gasteiger partial charge in [-0.05, 0) is 41.7 Å². The zero-order valence-corrected chi connectivity index (χ0v) is 20.1. The number of hydrogen-bond acceptors (Lipinski definition) is 5. The van der Waals surface area contributed by atoms with E-state index in [1.807, 2.05) is 24.3 Å². The van der Waals surface area contributed by atoms with Gasteiger partial charge in [0.2, 0.25) is 10.0 Å². The highest BCUT2D eigenvalue weighted by molar-refractivity contribution is 7.92. The summed E-state index contributed by atoms with van der Waals surface area (Å²) in [5.74, 6) is -0.320. The van der Waals surface area contributed by atoms with Crippen molar-refractivity contribution in [1.29, 1.82) is 0 Å². The highest BCUT2D eigenvalue weighted by Gasteiger charge is 2.24. The molecule has 7 nitrogen and oxygen atoms in total. The monoisotopic (exact) mass is 465 g/mol. The minimum atomic E-state index is -3.79. The van der Waals surface area contributed by atoms with Crippen LogP contribution in [-0.4, -0.2) is 39.9 Å². The SMILES string of the molecule is COc1ccc(Cl)cc1N(CC(=O)N/N=C(/C)c1ccc(C(C)(C)C)cc1)S(C)(=O)=O. The van der Waals surface area contributed by atoms with Gasteiger partial charge in [0.1, 0.15) is 12.3 Å². The summed E-state index contributed by atoms with van der Waals surface area (Å²) in [5.41, 5.74) is 5.26. The quantitative estimate of drug-likeness (QED) is 0.495. The van der Waals surface area contributed by atoms with Gasteiger partial charge in [-0.15, -0.1) is 0 Å². The number of nitrogens with one attached hydrogen (secondary N) is 1. The van der Waals surface area contributed by atoms with Gasteiger partial charge in [0.05, 0.1) is 24.8 Å². The van der Waals surface area contributed by atoms with E-state index in [0.717, 1.165) is 16.1 Å². The smallest absolute Gasteiger partial charge is 0.260 e. The molecule has 0 atom stereocenters. The van der Waals surface area contributed by atoms with Crippen molar-refractivity contribution in [3.63, 3.8) is 0 Å². The molecule has 0 saturated carbocycles. The van der Waals surface area contributed by atoms with Gasteiger partial charge in [-0.3, -0.25) is 9.10 Å². The number of sulfonamides is 1. The Morgan fingerprint density at radius 2 is 1.77 bits per heavy atom. The lowest BCUT2D eigenvalue weighted by Crippen LogP contribution is -2.39. The van der Waals surface area contributed by atoms with Gasteiger partial charge < -0.3 is 4.74 Å². The third kappa shape index (κ3) is 6.70. The van der Waals surface area contributed by atoms with Crippen molar-refractivity contribution in [3.8, 4) is 5.75 Å². The molecule has 0 saturated heterocycles. The number of hydrazone groups is 1. The molecule has 2 aromatic rings. The minimum absolute atomic E-state index is 0.0360. The van der Waals surface area contributed by atoms with Gasteiger partial charge in [-0.1, -0.05) is 56.6 Å². The Morgan fingerprint density at radius 1 is 1.16 bits per heavy atom. The van der Waals surface area contributed by atoms with Crippen LogP contribution in [0.4, 0.5) is 5.69 Å². The van der Waals surface area contributed by atoms with Crippen LogP contribution in [0, 0.1) is 0 Å². The van der Waals surface area contributed by atoms with Gasteiger partial charge >= 0.3 is 0 Å². The number of amides is 1. The molecule has 2 rings (SSSR count). The molecule has 168 valence electrons. The number of carbonyl (C=O) groups excluding carboxylic acids is 1. The summed E-state index contributed by atoms with van der Waals surface area (Å²) in [6, 6.07) is 12.5. The van der Waals surface area contributed by atoms with Crippen LogP contribution in [0.3, 0.4) is 0 Å². The Morgan fingerprint density at radius 3 is 2.29 bits per heavy atom. The molecule has 1 N–H and O–H groups in total. The topological polar surface area (TPSA) is 88.1 Å². The molecule has 1 amide bonds. The van der Waals surface area contributed by atoms with Crippen LogP contribution >= 0.6 is 11.6 Å². The number of benzene rings is 2. The predicted octanol–water partition coefficient (Wildman–Crippen LogP) is 3.95. The summed E-state index contributed by atoms with van der Waals surface area (Å²) >= 11 is 6.01. The van der Waals surface area contributed by atoms with Gasteiger partial charge in [0.25, 0.3) is 5.91 Å². The number of methoxy groups -OCH3 is 1. The molecule has 0 fully saturated rings. The molecule has 31 heavy (non-hydrogen) atoms. The molecule has 0 radical (unpaired) electrons. The van der Waals surface area contributed by atoms with Crippen LogP contribution in [-0.2, 0) is 20.2 Å². The third-order valence-electron chi connectivity index (χ3n) is 4.61. The van der Waals surface area contributed by atoms with E-state index in [2.05, 4.69) is 31.3 Å². The molecule has 0 aliphatic heterocycles. The summed E-state index contributed by atoms with van der Waals surface area (Å²) in [7, 11) is -2.38. The Balaban J connectivity index is 2.19. The van der Waals surface area contributed by atoms with Crippen LogP contribution in [0.2, 0.25) is 5.02 Å². The standard InChI is InChI=1S/C22H28ClN3O4S/c1-15(16-7-9-17(10-8-16)22(2,3)4)24-25-21(27)14-26(31(6,28)29)19-13-18(23)11-12-20(19)30-5/h7-13H,14H2,1-6H3,(H,25,27)/b24-15-. The molecule has 0 aliphatic rings. The molecule has 9 heteroatoms. The largest absolute Gasteiger partial charge is 0.495 e. The highest BCUT2D eigenvalue weighted by atomic mass is 35.5. The minimum Gasteiger partial charge on any atom is -0.495 e. The molecule has 0 aromatic heterocycles. The number of halogens is 1. The van der Waals surface area contributed by atoms with Crippen LogP contribution in [0.15, 0.2) is 47.6 Å². The Labute approximate surface area is 189 Å². The lowest BCUT2D eigenvalue weighted by Gasteiger charge is -2.23. The Bertz CT molecular complexity index is 1070. The van der Waals surface area contributed by atoms with Gasteiger partial charge in [0, 0.05) is 5.02 Å². The van der Waals surface area contributed by atoms with Crippen molar-refractivity contribution in [1.82, 2.24) is 5.43 Å². The number of ether oxygens (including phenoxy) is 1. The maximum absolute atomic E-state index is 12.5. The fourth-order valence-electron chi connectivity index (χ4n) is 2.83. The first-order valence-corrected chi connectivity index (χ1v) is 11.8. The van der Waals surface area contributed by atoms with Crippen LogP contribution < -0.4 is 14.5 Å². The Kier molecular flexibility index (Phi) is 7.72. The average Bonchev–Trinajstić information content (AvgIpc) is 2.68. The zero-order valence-electron chi connectivity index (χ0n) is 18.6. The molecule has 0 bridgehead atoms. The van der Waals surface area contributed by atoms with E-state index in [9.17, 15) is 13.2 Å². The lowest BCUT2D eigenvalue weighted by molar-refractivity contribution is -0.119. The van der Waals surface area contributed by atoms with Gasteiger partial charge in [-0.2, -0.15) is 5.10 Å². The van der Waals surface area contributed by atoms with Crippen molar-refractivity contribution in [2.75, 3.05) is 24.2 Å². The lowest BCUT2D eigenvalue weighted by atomic mass is 9.86. The van der Waals surface area contributed by atoms with Crippen LogP contribution in [0.5, 0.6) is 5.75 Å². The first-order chi connectivity index (χ1) is 14.3. The van der Waals surface area contributed by atoms with Crippen molar-refractivity contribution in [2.45, 2.75) is 33.1 Å². The van der Waals surface area contributed by atoms with E-state index in [0.29, 0.717) is 10.7 Å². The molecule has 0 heterocycles. The van der Waals surface area contributed by atoms with Gasteiger partial charge in [0.15, 0.2) is 0 Å².